The average molecular weight is 277 g/mol. The first-order chi connectivity index (χ1) is 6.70. The van der Waals surface area contributed by atoms with E-state index >= 15 is 0 Å². The van der Waals surface area contributed by atoms with Gasteiger partial charge in [-0.15, -0.1) is 12.1 Å². The summed E-state index contributed by atoms with van der Waals surface area (Å²) in [6.07, 6.45) is 4.63. The molecule has 0 fully saturated rings. The first-order valence-corrected chi connectivity index (χ1v) is 4.31. The first-order valence-electron chi connectivity index (χ1n) is 4.31. The molecule has 0 saturated carbocycles. The molecule has 0 atom stereocenters. The summed E-state index contributed by atoms with van der Waals surface area (Å²) in [5.41, 5.74) is 1.92. The molecule has 0 bridgehead atoms. The van der Waals surface area contributed by atoms with Crippen molar-refractivity contribution >= 4 is 12.0 Å². The molecule has 15 heavy (non-hydrogen) atoms. The second-order valence-corrected chi connectivity index (χ2v) is 2.83. The number of hydrogen-bond acceptors (Lipinski definition) is 2. The summed E-state index contributed by atoms with van der Waals surface area (Å²) in [6, 6.07) is 7.70. The van der Waals surface area contributed by atoms with E-state index in [4.69, 9.17) is 4.74 Å². The molecule has 0 amide bonds. The number of carbonyl (C=O) groups is 1. The van der Waals surface area contributed by atoms with Gasteiger partial charge in [-0.25, -0.2) is 24.6 Å². The fraction of sp³-hybridized carbons (Fsp3) is 0.167. The Labute approximate surface area is 116 Å². The van der Waals surface area contributed by atoms with Gasteiger partial charge in [0, 0.05) is 46.2 Å². The maximum atomic E-state index is 10.4. The van der Waals surface area contributed by atoms with Crippen molar-refractivity contribution in [3.05, 3.63) is 48.4 Å². The van der Waals surface area contributed by atoms with Crippen molar-refractivity contribution in [2.45, 2.75) is 6.92 Å². The van der Waals surface area contributed by atoms with E-state index in [0.717, 1.165) is 11.1 Å². The second kappa shape index (κ2) is 7.66. The fourth-order valence-electron chi connectivity index (χ4n) is 0.970. The quantitative estimate of drug-likeness (QED) is 0.625. The van der Waals surface area contributed by atoms with Crippen LogP contribution in [0.2, 0.25) is 0 Å². The third kappa shape index (κ3) is 5.75. The molecule has 0 saturated heterocycles. The number of esters is 1. The Morgan fingerprint density at radius 3 is 2.80 bits per heavy atom. The van der Waals surface area contributed by atoms with Gasteiger partial charge in [-0.3, -0.25) is 4.79 Å². The van der Waals surface area contributed by atoms with Crippen LogP contribution in [0.5, 0.6) is 0 Å². The number of ether oxygens (including phenoxy) is 1. The maximum Gasteiger partial charge on any atom is 0.301 e. The third-order valence-electron chi connectivity index (χ3n) is 1.67. The van der Waals surface area contributed by atoms with Crippen LogP contribution in [0.25, 0.3) is 6.08 Å². The van der Waals surface area contributed by atoms with E-state index in [1.54, 1.807) is 6.08 Å². The molecule has 1 aromatic carbocycles. The van der Waals surface area contributed by atoms with Crippen LogP contribution in [0.4, 0.5) is 0 Å². The summed E-state index contributed by atoms with van der Waals surface area (Å²) in [6.45, 7) is 5.41. The number of carbonyl (C=O) groups excluding carboxylic acids is 1. The standard InChI is InChI=1S/C12H12O2.Y/c1-10-6-3-4-7-12(10)8-5-9-14-11(2)13;/h3-4,6-8H,1,9H2,2H3;/q-2;. The molecule has 77 valence electrons. The van der Waals surface area contributed by atoms with E-state index in [0.29, 0.717) is 0 Å². The summed E-state index contributed by atoms with van der Waals surface area (Å²) >= 11 is 0. The minimum Gasteiger partial charge on any atom is -0.481 e. The second-order valence-electron chi connectivity index (χ2n) is 2.83. The van der Waals surface area contributed by atoms with E-state index in [-0.39, 0.29) is 45.3 Å². The maximum absolute atomic E-state index is 10.4. The molecular formula is C12H12O2Y-2. The Morgan fingerprint density at radius 1 is 1.53 bits per heavy atom. The summed E-state index contributed by atoms with van der Waals surface area (Å²) in [7, 11) is 0. The van der Waals surface area contributed by atoms with Crippen LogP contribution in [-0.4, -0.2) is 12.6 Å². The normalized spacial score (nSPS) is 9.67. The van der Waals surface area contributed by atoms with E-state index in [2.05, 4.69) is 13.0 Å². The molecule has 0 aliphatic carbocycles. The van der Waals surface area contributed by atoms with E-state index < -0.39 is 0 Å². The minimum absolute atomic E-state index is 0. The molecule has 0 aromatic heterocycles. The van der Waals surface area contributed by atoms with Gasteiger partial charge in [0.05, 0.1) is 0 Å². The van der Waals surface area contributed by atoms with Gasteiger partial charge >= 0.3 is 5.97 Å². The topological polar surface area (TPSA) is 26.3 Å². The molecule has 1 rings (SSSR count). The Morgan fingerprint density at radius 2 is 2.20 bits per heavy atom. The van der Waals surface area contributed by atoms with E-state index in [9.17, 15) is 4.79 Å². The SMILES string of the molecule is [CH2-]c1ccccc1C=[C-]COC(C)=O.[Y]. The largest absolute Gasteiger partial charge is 0.481 e. The van der Waals surface area contributed by atoms with Gasteiger partial charge in [0.1, 0.15) is 0 Å². The molecular weight excluding hydrogens is 265 g/mol. The number of benzene rings is 1. The van der Waals surface area contributed by atoms with Gasteiger partial charge in [0.2, 0.25) is 0 Å². The van der Waals surface area contributed by atoms with E-state index in [1.165, 1.54) is 6.92 Å². The Bertz CT molecular complexity index is 345. The Balaban J connectivity index is 0.00000196. The van der Waals surface area contributed by atoms with Gasteiger partial charge in [-0.05, 0) is 0 Å². The van der Waals surface area contributed by atoms with Gasteiger partial charge in [-0.1, -0.05) is 6.07 Å². The summed E-state index contributed by atoms with van der Waals surface area (Å²) in [5, 5.41) is 0. The molecule has 0 aliphatic heterocycles. The van der Waals surface area contributed by atoms with Crippen molar-refractivity contribution in [3.8, 4) is 0 Å². The molecule has 2 nitrogen and oxygen atoms in total. The molecule has 0 N–H and O–H groups in total. The number of rotatable bonds is 3. The van der Waals surface area contributed by atoms with Crippen molar-refractivity contribution in [2.75, 3.05) is 6.61 Å². The smallest absolute Gasteiger partial charge is 0.301 e. The number of hydrogen-bond donors (Lipinski definition) is 0. The zero-order valence-corrected chi connectivity index (χ0v) is 11.5. The van der Waals surface area contributed by atoms with Gasteiger partial charge in [0.15, 0.2) is 0 Å². The summed E-state index contributed by atoms with van der Waals surface area (Å²) in [5.74, 6) is -0.297. The van der Waals surface area contributed by atoms with Crippen molar-refractivity contribution in [1.82, 2.24) is 0 Å². The van der Waals surface area contributed by atoms with Crippen molar-refractivity contribution in [2.24, 2.45) is 0 Å². The van der Waals surface area contributed by atoms with Crippen molar-refractivity contribution in [3.63, 3.8) is 0 Å². The zero-order valence-electron chi connectivity index (χ0n) is 8.69. The van der Waals surface area contributed by atoms with Crippen LogP contribution in [0, 0.1) is 13.0 Å². The first kappa shape index (κ1) is 14.4. The van der Waals surface area contributed by atoms with Crippen molar-refractivity contribution < 1.29 is 42.2 Å². The molecule has 1 radical (unpaired) electrons. The predicted molar refractivity (Wildman–Crippen MR) is 55.2 cm³/mol. The minimum atomic E-state index is -0.297. The van der Waals surface area contributed by atoms with E-state index in [1.807, 2.05) is 24.3 Å². The molecule has 0 spiro atoms. The monoisotopic (exact) mass is 277 g/mol. The molecule has 0 unspecified atom stereocenters. The molecule has 0 heterocycles. The zero-order chi connectivity index (χ0) is 10.4. The Kier molecular flexibility index (Phi) is 7.36. The average Bonchev–Trinajstić information content (AvgIpc) is 2.15. The van der Waals surface area contributed by atoms with Crippen LogP contribution < -0.4 is 0 Å². The predicted octanol–water partition coefficient (Wildman–Crippen LogP) is 2.25. The van der Waals surface area contributed by atoms with Gasteiger partial charge in [0.25, 0.3) is 0 Å². The van der Waals surface area contributed by atoms with Crippen LogP contribution in [0.1, 0.15) is 18.1 Å². The van der Waals surface area contributed by atoms with Crippen molar-refractivity contribution in [1.29, 1.82) is 0 Å². The van der Waals surface area contributed by atoms with Crippen LogP contribution >= 0.6 is 0 Å². The van der Waals surface area contributed by atoms with Gasteiger partial charge in [-0.2, -0.15) is 11.6 Å². The summed E-state index contributed by atoms with van der Waals surface area (Å²) < 4.78 is 4.70. The van der Waals surface area contributed by atoms with Crippen LogP contribution in [0.15, 0.2) is 24.3 Å². The van der Waals surface area contributed by atoms with Crippen LogP contribution in [0.3, 0.4) is 0 Å². The molecule has 1 aromatic rings. The molecule has 3 heteroatoms. The Hall–Kier alpha value is -0.596. The molecule has 0 aliphatic rings. The summed E-state index contributed by atoms with van der Waals surface area (Å²) in [4.78, 5) is 10.4. The third-order valence-corrected chi connectivity index (χ3v) is 1.67. The van der Waals surface area contributed by atoms with Gasteiger partial charge < -0.3 is 4.74 Å². The van der Waals surface area contributed by atoms with Crippen LogP contribution in [-0.2, 0) is 42.2 Å². The fourth-order valence-corrected chi connectivity index (χ4v) is 0.970.